The molecule has 3 unspecified atom stereocenters. The molecule has 0 aromatic rings. The van der Waals surface area contributed by atoms with Crippen molar-refractivity contribution in [3.63, 3.8) is 0 Å². The van der Waals surface area contributed by atoms with Gasteiger partial charge in [-0.2, -0.15) is 0 Å². The Hall–Kier alpha value is 0.0969. The molecule has 1 aliphatic carbocycles. The van der Waals surface area contributed by atoms with E-state index in [2.05, 4.69) is 0 Å². The Balaban J connectivity index is 1.70. The zero-order valence-electron chi connectivity index (χ0n) is 8.78. The van der Waals surface area contributed by atoms with Crippen LogP contribution in [0.5, 0.6) is 0 Å². The molecule has 0 radical (unpaired) electrons. The maximum Gasteiger partial charge on any atom is 0.332 e. The lowest BCUT2D eigenvalue weighted by Gasteiger charge is -2.22. The molecule has 0 aromatic heterocycles. The number of ether oxygens (including phenoxy) is 1. The van der Waals surface area contributed by atoms with Crippen molar-refractivity contribution in [3.8, 4) is 0 Å². The van der Waals surface area contributed by atoms with Crippen molar-refractivity contribution in [2.75, 3.05) is 0 Å². The molecule has 14 heavy (non-hydrogen) atoms. The second kappa shape index (κ2) is 3.93. The number of fused-ring (bicyclic) bond motifs is 1. The molecule has 0 bridgehead atoms. The Morgan fingerprint density at radius 3 is 2.71 bits per heavy atom. The summed E-state index contributed by atoms with van der Waals surface area (Å²) in [7, 11) is -2.81. The van der Waals surface area contributed by atoms with Gasteiger partial charge in [-0.25, -0.2) is 0 Å². The highest BCUT2D eigenvalue weighted by Crippen LogP contribution is 2.41. The van der Waals surface area contributed by atoms with Crippen LogP contribution in [-0.2, 0) is 4.74 Å². The second-order valence-electron chi connectivity index (χ2n) is 4.77. The van der Waals surface area contributed by atoms with Gasteiger partial charge in [0.05, 0.1) is 12.2 Å². The predicted octanol–water partition coefficient (Wildman–Crippen LogP) is 1.39. The van der Waals surface area contributed by atoms with Gasteiger partial charge in [-0.1, -0.05) is 6.92 Å². The van der Waals surface area contributed by atoms with Crippen molar-refractivity contribution in [1.82, 2.24) is 0 Å². The summed E-state index contributed by atoms with van der Waals surface area (Å²) in [5, 5.41) is 0. The molecule has 2 aliphatic rings. The Labute approximate surface area is 86.3 Å². The molecule has 2 rings (SSSR count). The topological polar surface area (TPSA) is 53.0 Å². The molecule has 2 fully saturated rings. The normalized spacial score (nSPS) is 36.6. The minimum absolute atomic E-state index is 0.517. The van der Waals surface area contributed by atoms with E-state index in [1.807, 2.05) is 6.92 Å². The molecule has 1 heterocycles. The molecule has 0 amide bonds. The van der Waals surface area contributed by atoms with Gasteiger partial charge in [-0.15, -0.1) is 0 Å². The predicted molar refractivity (Wildman–Crippen MR) is 56.1 cm³/mol. The van der Waals surface area contributed by atoms with Gasteiger partial charge in [0, 0.05) is 0 Å². The molecule has 4 heteroatoms. The largest absolute Gasteiger partial charge is 0.411 e. The van der Waals surface area contributed by atoms with Crippen LogP contribution in [0.3, 0.4) is 0 Å². The summed E-state index contributed by atoms with van der Waals surface area (Å²) in [6.45, 7) is 1.87. The van der Waals surface area contributed by atoms with E-state index >= 15 is 0 Å². The first-order chi connectivity index (χ1) is 6.61. The van der Waals surface area contributed by atoms with Crippen molar-refractivity contribution < 1.29 is 14.3 Å². The van der Waals surface area contributed by atoms with E-state index < -0.39 is 8.56 Å². The Kier molecular flexibility index (Phi) is 2.97. The average molecular weight is 216 g/mol. The molecular formula is C10H20O3Si. The van der Waals surface area contributed by atoms with E-state index in [-0.39, 0.29) is 0 Å². The summed E-state index contributed by atoms with van der Waals surface area (Å²) in [6.07, 6.45) is 5.62. The summed E-state index contributed by atoms with van der Waals surface area (Å²) < 4.78 is 5.45. The van der Waals surface area contributed by atoms with Crippen molar-refractivity contribution in [1.29, 1.82) is 0 Å². The summed E-state index contributed by atoms with van der Waals surface area (Å²) in [5.41, 5.74) is 0. The third kappa shape index (κ3) is 2.57. The monoisotopic (exact) mass is 216 g/mol. The fourth-order valence-electron chi connectivity index (χ4n) is 2.36. The molecule has 1 saturated carbocycles. The maximum atomic E-state index is 9.59. The van der Waals surface area contributed by atoms with E-state index in [4.69, 9.17) is 4.74 Å². The number of hydrogen-bond acceptors (Lipinski definition) is 3. The van der Waals surface area contributed by atoms with Gasteiger partial charge in [0.2, 0.25) is 0 Å². The molecule has 3 atom stereocenters. The fourth-order valence-corrected chi connectivity index (χ4v) is 3.59. The van der Waals surface area contributed by atoms with E-state index in [0.29, 0.717) is 30.2 Å². The van der Waals surface area contributed by atoms with Gasteiger partial charge in [0.25, 0.3) is 0 Å². The van der Waals surface area contributed by atoms with Crippen LogP contribution in [0.25, 0.3) is 0 Å². The minimum Gasteiger partial charge on any atom is -0.411 e. The lowest BCUT2D eigenvalue weighted by atomic mass is 9.88. The first-order valence-electron chi connectivity index (χ1n) is 5.71. The van der Waals surface area contributed by atoms with Gasteiger partial charge in [0.1, 0.15) is 0 Å². The van der Waals surface area contributed by atoms with Crippen LogP contribution in [0.15, 0.2) is 0 Å². The summed E-state index contributed by atoms with van der Waals surface area (Å²) in [5.74, 6) is 0.677. The maximum absolute atomic E-state index is 9.59. The molecule has 2 N–H and O–H groups in total. The summed E-state index contributed by atoms with van der Waals surface area (Å²) in [4.78, 5) is 19.2. The average Bonchev–Trinajstić information content (AvgIpc) is 2.93. The second-order valence-corrected chi connectivity index (χ2v) is 7.94. The first kappa shape index (κ1) is 10.6. The quantitative estimate of drug-likeness (QED) is 0.551. The van der Waals surface area contributed by atoms with Gasteiger partial charge >= 0.3 is 8.56 Å². The van der Waals surface area contributed by atoms with E-state index in [9.17, 15) is 9.59 Å². The van der Waals surface area contributed by atoms with E-state index in [1.165, 1.54) is 12.8 Å². The van der Waals surface area contributed by atoms with Crippen LogP contribution in [0.1, 0.15) is 32.6 Å². The zero-order valence-corrected chi connectivity index (χ0v) is 9.78. The summed E-state index contributed by atoms with van der Waals surface area (Å²) >= 11 is 0. The molecular weight excluding hydrogens is 196 g/mol. The van der Waals surface area contributed by atoms with Crippen molar-refractivity contribution in [2.45, 2.75) is 56.9 Å². The molecule has 1 aliphatic heterocycles. The van der Waals surface area contributed by atoms with Crippen LogP contribution in [0.4, 0.5) is 0 Å². The third-order valence-corrected chi connectivity index (χ3v) is 5.85. The van der Waals surface area contributed by atoms with Gasteiger partial charge in [0.15, 0.2) is 0 Å². The standard InChI is InChI=1S/C10H20O3Si/c1-2-14(11,12)6-5-8-3-4-9-10(7-8)13-9/h8-12H,2-7H2,1H3. The molecule has 1 saturated heterocycles. The van der Waals surface area contributed by atoms with E-state index in [1.54, 1.807) is 0 Å². The third-order valence-electron chi connectivity index (χ3n) is 3.63. The number of epoxide rings is 1. The van der Waals surface area contributed by atoms with E-state index in [0.717, 1.165) is 12.8 Å². The Morgan fingerprint density at radius 1 is 1.29 bits per heavy atom. The molecule has 3 nitrogen and oxygen atoms in total. The molecule has 82 valence electrons. The number of rotatable bonds is 4. The van der Waals surface area contributed by atoms with Crippen LogP contribution in [0, 0.1) is 5.92 Å². The first-order valence-corrected chi connectivity index (χ1v) is 8.02. The fraction of sp³-hybridized carbons (Fsp3) is 1.00. The van der Waals surface area contributed by atoms with Crippen LogP contribution in [-0.4, -0.2) is 30.4 Å². The van der Waals surface area contributed by atoms with Crippen LogP contribution >= 0.6 is 0 Å². The van der Waals surface area contributed by atoms with Crippen LogP contribution < -0.4 is 0 Å². The van der Waals surface area contributed by atoms with Crippen LogP contribution in [0.2, 0.25) is 12.1 Å². The molecule has 0 spiro atoms. The summed E-state index contributed by atoms with van der Waals surface area (Å²) in [6, 6.07) is 1.20. The van der Waals surface area contributed by atoms with Crippen molar-refractivity contribution in [2.24, 2.45) is 5.92 Å². The highest BCUT2D eigenvalue weighted by atomic mass is 28.4. The van der Waals surface area contributed by atoms with Crippen molar-refractivity contribution in [3.05, 3.63) is 0 Å². The Bertz CT molecular complexity index is 208. The smallest absolute Gasteiger partial charge is 0.332 e. The van der Waals surface area contributed by atoms with Gasteiger partial charge in [-0.05, 0) is 43.7 Å². The SMILES string of the molecule is CC[Si](O)(O)CCC1CCC2OC2C1. The highest BCUT2D eigenvalue weighted by Gasteiger charge is 2.44. The zero-order chi connectivity index (χ0) is 10.2. The lowest BCUT2D eigenvalue weighted by molar-refractivity contribution is 0.326. The van der Waals surface area contributed by atoms with Crippen molar-refractivity contribution >= 4 is 8.56 Å². The highest BCUT2D eigenvalue weighted by molar-refractivity contribution is 6.64. The minimum atomic E-state index is -2.81. The molecule has 0 aromatic carbocycles. The lowest BCUT2D eigenvalue weighted by Crippen LogP contribution is -2.34. The van der Waals surface area contributed by atoms with Gasteiger partial charge < -0.3 is 14.3 Å². The number of hydrogen-bond donors (Lipinski definition) is 2. The Morgan fingerprint density at radius 2 is 2.07 bits per heavy atom. The van der Waals surface area contributed by atoms with Gasteiger partial charge in [-0.3, -0.25) is 0 Å².